The van der Waals surface area contributed by atoms with Crippen molar-refractivity contribution in [2.75, 3.05) is 6.61 Å². The van der Waals surface area contributed by atoms with E-state index in [1.54, 1.807) is 6.08 Å². The molecule has 0 saturated heterocycles. The predicted molar refractivity (Wildman–Crippen MR) is 51.5 cm³/mol. The molecule has 1 N–H and O–H groups in total. The average Bonchev–Trinajstić information content (AvgIpc) is 2.08. The number of hydrogen-bond donors (Lipinski definition) is 1. The van der Waals surface area contributed by atoms with Crippen molar-refractivity contribution in [2.24, 2.45) is 0 Å². The molecule has 0 radical (unpaired) electrons. The number of hydrogen-bond acceptors (Lipinski definition) is 1. The molecule has 0 aliphatic heterocycles. The van der Waals surface area contributed by atoms with E-state index in [1.807, 2.05) is 39.0 Å². The molecule has 0 aromatic rings. The van der Waals surface area contributed by atoms with Gasteiger partial charge in [-0.05, 0) is 12.5 Å². The van der Waals surface area contributed by atoms with Gasteiger partial charge in [-0.15, -0.1) is 0 Å². The van der Waals surface area contributed by atoms with Gasteiger partial charge in [-0.2, -0.15) is 0 Å². The summed E-state index contributed by atoms with van der Waals surface area (Å²) in [4.78, 5) is 0. The monoisotopic (exact) mass is 154 g/mol. The lowest BCUT2D eigenvalue weighted by molar-refractivity contribution is 0.331. The van der Waals surface area contributed by atoms with Gasteiger partial charge in [0, 0.05) is 0 Å². The van der Waals surface area contributed by atoms with Crippen LogP contribution in [0.1, 0.15) is 20.8 Å². The van der Waals surface area contributed by atoms with Gasteiger partial charge in [-0.1, -0.05) is 44.7 Å². The highest BCUT2D eigenvalue weighted by molar-refractivity contribution is 5.13. The van der Waals surface area contributed by atoms with Crippen LogP contribution in [0.4, 0.5) is 0 Å². The molecule has 0 bridgehead atoms. The second kappa shape index (κ2) is 11.9. The summed E-state index contributed by atoms with van der Waals surface area (Å²) in [5.41, 5.74) is 0.952. The molecule has 0 amide bonds. The lowest BCUT2D eigenvalue weighted by atomic mass is 10.3. The molecule has 0 saturated carbocycles. The molecule has 1 nitrogen and oxygen atoms in total. The standard InChI is InChI=1S/C8H12O.C2H6/c1-3-4-5-6-8(2)7-9;1-2/h3-6,9H,1,7H2,2H3;1-2H3/b5-4-,8-6+;. The fourth-order valence-corrected chi connectivity index (χ4v) is 0.351. The molecular weight excluding hydrogens is 136 g/mol. The van der Waals surface area contributed by atoms with E-state index in [4.69, 9.17) is 5.11 Å². The molecule has 0 heterocycles. The summed E-state index contributed by atoms with van der Waals surface area (Å²) >= 11 is 0. The van der Waals surface area contributed by atoms with Crippen LogP contribution in [0, 0.1) is 0 Å². The van der Waals surface area contributed by atoms with E-state index >= 15 is 0 Å². The molecule has 0 unspecified atom stereocenters. The van der Waals surface area contributed by atoms with Gasteiger partial charge in [-0.3, -0.25) is 0 Å². The number of aliphatic hydroxyl groups excluding tert-OH is 1. The first-order valence-electron chi connectivity index (χ1n) is 3.87. The van der Waals surface area contributed by atoms with Gasteiger partial charge in [0.05, 0.1) is 6.61 Å². The summed E-state index contributed by atoms with van der Waals surface area (Å²) in [6, 6.07) is 0. The fourth-order valence-electron chi connectivity index (χ4n) is 0.351. The molecule has 0 aliphatic carbocycles. The largest absolute Gasteiger partial charge is 0.392 e. The third-order valence-electron chi connectivity index (χ3n) is 0.877. The van der Waals surface area contributed by atoms with Crippen LogP contribution in [0.2, 0.25) is 0 Å². The van der Waals surface area contributed by atoms with Crippen LogP contribution in [-0.2, 0) is 0 Å². The van der Waals surface area contributed by atoms with Crippen molar-refractivity contribution < 1.29 is 5.11 Å². The van der Waals surface area contributed by atoms with E-state index in [9.17, 15) is 0 Å². The Morgan fingerprint density at radius 2 is 1.91 bits per heavy atom. The summed E-state index contributed by atoms with van der Waals surface area (Å²) in [7, 11) is 0. The zero-order valence-corrected chi connectivity index (χ0v) is 7.67. The quantitative estimate of drug-likeness (QED) is 0.620. The minimum absolute atomic E-state index is 0.126. The van der Waals surface area contributed by atoms with Crippen LogP contribution >= 0.6 is 0 Å². The van der Waals surface area contributed by atoms with E-state index in [0.29, 0.717) is 0 Å². The van der Waals surface area contributed by atoms with Crippen molar-refractivity contribution in [2.45, 2.75) is 20.8 Å². The predicted octanol–water partition coefficient (Wildman–Crippen LogP) is 2.69. The molecule has 1 heteroatoms. The first-order valence-corrected chi connectivity index (χ1v) is 3.87. The molecule has 0 aromatic heterocycles. The van der Waals surface area contributed by atoms with Crippen molar-refractivity contribution in [3.8, 4) is 0 Å². The molecule has 0 atom stereocenters. The highest BCUT2D eigenvalue weighted by Crippen LogP contribution is 1.89. The summed E-state index contributed by atoms with van der Waals surface area (Å²) in [6.07, 6.45) is 7.21. The minimum Gasteiger partial charge on any atom is -0.392 e. The Hall–Kier alpha value is -0.820. The molecule has 64 valence electrons. The van der Waals surface area contributed by atoms with E-state index in [0.717, 1.165) is 5.57 Å². The Morgan fingerprint density at radius 1 is 1.36 bits per heavy atom. The van der Waals surface area contributed by atoms with E-state index in [2.05, 4.69) is 6.58 Å². The number of aliphatic hydroxyl groups is 1. The van der Waals surface area contributed by atoms with Crippen LogP contribution in [-0.4, -0.2) is 11.7 Å². The van der Waals surface area contributed by atoms with E-state index in [-0.39, 0.29) is 6.61 Å². The van der Waals surface area contributed by atoms with Gasteiger partial charge in [0.2, 0.25) is 0 Å². The summed E-state index contributed by atoms with van der Waals surface area (Å²) in [5, 5.41) is 8.51. The van der Waals surface area contributed by atoms with Crippen molar-refractivity contribution in [1.29, 1.82) is 0 Å². The van der Waals surface area contributed by atoms with Gasteiger partial charge in [-0.25, -0.2) is 0 Å². The van der Waals surface area contributed by atoms with Crippen LogP contribution < -0.4 is 0 Å². The van der Waals surface area contributed by atoms with Gasteiger partial charge in [0.15, 0.2) is 0 Å². The van der Waals surface area contributed by atoms with Crippen molar-refractivity contribution in [3.63, 3.8) is 0 Å². The molecule has 0 rings (SSSR count). The average molecular weight is 154 g/mol. The molecule has 0 fully saturated rings. The fraction of sp³-hybridized carbons (Fsp3) is 0.400. The van der Waals surface area contributed by atoms with E-state index in [1.165, 1.54) is 0 Å². The van der Waals surface area contributed by atoms with Crippen LogP contribution in [0.15, 0.2) is 36.5 Å². The Bertz CT molecular complexity index is 132. The summed E-state index contributed by atoms with van der Waals surface area (Å²) in [5.74, 6) is 0. The Balaban J connectivity index is 0. The van der Waals surface area contributed by atoms with Crippen molar-refractivity contribution in [1.82, 2.24) is 0 Å². The molecule has 0 aliphatic rings. The number of allylic oxidation sites excluding steroid dienone is 4. The van der Waals surface area contributed by atoms with Crippen LogP contribution in [0.5, 0.6) is 0 Å². The summed E-state index contributed by atoms with van der Waals surface area (Å²) in [6.45, 7) is 9.50. The zero-order chi connectivity index (χ0) is 9.11. The first-order chi connectivity index (χ1) is 5.31. The number of rotatable bonds is 3. The molecule has 0 spiro atoms. The zero-order valence-electron chi connectivity index (χ0n) is 7.67. The molecular formula is C10H18O. The summed E-state index contributed by atoms with van der Waals surface area (Å²) < 4.78 is 0. The maximum absolute atomic E-state index is 8.51. The third kappa shape index (κ3) is 12.4. The van der Waals surface area contributed by atoms with Gasteiger partial charge >= 0.3 is 0 Å². The Kier molecular flexibility index (Phi) is 13.9. The second-order valence-electron chi connectivity index (χ2n) is 1.79. The third-order valence-corrected chi connectivity index (χ3v) is 0.877. The van der Waals surface area contributed by atoms with Crippen LogP contribution in [0.25, 0.3) is 0 Å². The highest BCUT2D eigenvalue weighted by Gasteiger charge is 1.77. The lowest BCUT2D eigenvalue weighted by Crippen LogP contribution is -1.80. The van der Waals surface area contributed by atoms with Gasteiger partial charge in [0.1, 0.15) is 0 Å². The maximum atomic E-state index is 8.51. The molecule has 11 heavy (non-hydrogen) atoms. The van der Waals surface area contributed by atoms with Gasteiger partial charge in [0.25, 0.3) is 0 Å². The topological polar surface area (TPSA) is 20.2 Å². The van der Waals surface area contributed by atoms with Crippen molar-refractivity contribution in [3.05, 3.63) is 36.5 Å². The lowest BCUT2D eigenvalue weighted by Gasteiger charge is -1.86. The minimum atomic E-state index is 0.126. The maximum Gasteiger partial charge on any atom is 0.0642 e. The first kappa shape index (κ1) is 12.8. The van der Waals surface area contributed by atoms with Crippen molar-refractivity contribution >= 4 is 0 Å². The van der Waals surface area contributed by atoms with Crippen LogP contribution in [0.3, 0.4) is 0 Å². The smallest absolute Gasteiger partial charge is 0.0642 e. The SMILES string of the molecule is C=C/C=C\C=C(/C)CO.CC. The normalized spacial score (nSPS) is 10.7. The highest BCUT2D eigenvalue weighted by atomic mass is 16.3. The van der Waals surface area contributed by atoms with Gasteiger partial charge < -0.3 is 5.11 Å². The Labute approximate surface area is 69.8 Å². The van der Waals surface area contributed by atoms with E-state index < -0.39 is 0 Å². The second-order valence-corrected chi connectivity index (χ2v) is 1.79. The Morgan fingerprint density at radius 3 is 2.27 bits per heavy atom. The molecule has 0 aromatic carbocycles.